The van der Waals surface area contributed by atoms with E-state index in [4.69, 9.17) is 4.74 Å². The number of ether oxygens (including phenoxy) is 1. The molecule has 3 rings (SSSR count). The van der Waals surface area contributed by atoms with Crippen LogP contribution in [0.25, 0.3) is 5.78 Å². The summed E-state index contributed by atoms with van der Waals surface area (Å²) < 4.78 is 6.96. The Morgan fingerprint density at radius 3 is 2.75 bits per heavy atom. The van der Waals surface area contributed by atoms with Gasteiger partial charge in [0, 0.05) is 5.41 Å². The molecule has 0 spiro atoms. The van der Waals surface area contributed by atoms with Gasteiger partial charge < -0.3 is 10.1 Å². The zero-order valence-electron chi connectivity index (χ0n) is 16.1. The quantitative estimate of drug-likeness (QED) is 0.608. The van der Waals surface area contributed by atoms with Crippen LogP contribution in [0.4, 0.5) is 5.69 Å². The number of anilines is 1. The van der Waals surface area contributed by atoms with Gasteiger partial charge >= 0.3 is 0 Å². The number of aromatic nitrogens is 5. The average Bonchev–Trinajstić information content (AvgIpc) is 3.02. The van der Waals surface area contributed by atoms with Crippen LogP contribution in [0.3, 0.4) is 0 Å². The summed E-state index contributed by atoms with van der Waals surface area (Å²) in [5.41, 5.74) is 0.249. The molecule has 1 aromatic carbocycles. The fourth-order valence-electron chi connectivity index (χ4n) is 2.49. The van der Waals surface area contributed by atoms with Crippen molar-refractivity contribution in [2.24, 2.45) is 0 Å². The molecule has 0 bridgehead atoms. The van der Waals surface area contributed by atoms with Crippen molar-refractivity contribution >= 4 is 29.1 Å². The van der Waals surface area contributed by atoms with Crippen LogP contribution in [0.5, 0.6) is 5.75 Å². The number of hydrogen-bond acceptors (Lipinski definition) is 7. The van der Waals surface area contributed by atoms with Crippen molar-refractivity contribution in [3.8, 4) is 5.75 Å². The van der Waals surface area contributed by atoms with E-state index >= 15 is 0 Å². The van der Waals surface area contributed by atoms with Crippen molar-refractivity contribution in [2.75, 3.05) is 17.7 Å². The van der Waals surface area contributed by atoms with E-state index in [2.05, 4.69) is 25.6 Å². The van der Waals surface area contributed by atoms with Gasteiger partial charge in [0.1, 0.15) is 11.4 Å². The third-order valence-electron chi connectivity index (χ3n) is 3.76. The zero-order chi connectivity index (χ0) is 20.3. The maximum atomic E-state index is 12.4. The number of nitrogens with one attached hydrogen (secondary N) is 2. The van der Waals surface area contributed by atoms with Gasteiger partial charge in [0.05, 0.1) is 18.0 Å². The predicted molar refractivity (Wildman–Crippen MR) is 107 cm³/mol. The van der Waals surface area contributed by atoms with Crippen molar-refractivity contribution < 1.29 is 9.53 Å². The second kappa shape index (κ2) is 8.01. The third kappa shape index (κ3) is 4.33. The van der Waals surface area contributed by atoms with E-state index in [1.165, 1.54) is 16.3 Å². The number of H-pyrrole nitrogens is 1. The lowest BCUT2D eigenvalue weighted by Gasteiger charge is -2.15. The molecule has 0 atom stereocenters. The molecule has 0 fully saturated rings. The Morgan fingerprint density at radius 2 is 2.04 bits per heavy atom. The summed E-state index contributed by atoms with van der Waals surface area (Å²) in [7, 11) is 0. The summed E-state index contributed by atoms with van der Waals surface area (Å²) >= 11 is 1.18. The highest BCUT2D eigenvalue weighted by Gasteiger charge is 2.22. The van der Waals surface area contributed by atoms with Crippen LogP contribution in [-0.2, 0) is 10.2 Å². The molecule has 3 aromatic rings. The lowest BCUT2D eigenvalue weighted by Crippen LogP contribution is -2.28. The number of fused-ring (bicyclic) bond motifs is 1. The molecule has 0 aliphatic rings. The van der Waals surface area contributed by atoms with Crippen LogP contribution in [0.2, 0.25) is 0 Å². The number of amides is 1. The van der Waals surface area contributed by atoms with Crippen LogP contribution in [0.1, 0.15) is 33.4 Å². The standard InChI is InChI=1S/C18H22N6O3S/c1-5-27-12-9-7-6-8-11(12)19-13(25)10-28-17-22-21-16-20-15(26)14(18(2,3)4)23-24(16)17/h6-9H,5,10H2,1-4H3,(H,19,25)(H,20,21,26). The number of carbonyl (C=O) groups excluding carboxylic acids is 1. The van der Waals surface area contributed by atoms with E-state index < -0.39 is 5.41 Å². The Hall–Kier alpha value is -2.88. The Balaban J connectivity index is 1.75. The summed E-state index contributed by atoms with van der Waals surface area (Å²) in [5, 5.41) is 15.6. The van der Waals surface area contributed by atoms with E-state index in [1.54, 1.807) is 12.1 Å². The maximum absolute atomic E-state index is 12.4. The molecule has 2 N–H and O–H groups in total. The highest BCUT2D eigenvalue weighted by molar-refractivity contribution is 7.99. The van der Waals surface area contributed by atoms with Crippen LogP contribution in [0.15, 0.2) is 34.2 Å². The minimum Gasteiger partial charge on any atom is -0.492 e. The summed E-state index contributed by atoms with van der Waals surface area (Å²) in [4.78, 5) is 27.2. The number of para-hydroxylation sites is 2. The molecular weight excluding hydrogens is 380 g/mol. The molecule has 148 valence electrons. The van der Waals surface area contributed by atoms with E-state index in [-0.39, 0.29) is 23.0 Å². The number of hydrogen-bond donors (Lipinski definition) is 2. The fraction of sp³-hybridized carbons (Fsp3) is 0.389. The van der Waals surface area contributed by atoms with Crippen molar-refractivity contribution in [1.82, 2.24) is 24.8 Å². The summed E-state index contributed by atoms with van der Waals surface area (Å²) in [6.07, 6.45) is 0. The van der Waals surface area contributed by atoms with E-state index in [0.29, 0.717) is 28.9 Å². The normalized spacial score (nSPS) is 11.6. The van der Waals surface area contributed by atoms with Crippen molar-refractivity contribution in [2.45, 2.75) is 38.3 Å². The van der Waals surface area contributed by atoms with Gasteiger partial charge in [-0.3, -0.25) is 14.6 Å². The van der Waals surface area contributed by atoms with E-state index in [1.807, 2.05) is 39.8 Å². The van der Waals surface area contributed by atoms with Gasteiger partial charge in [-0.2, -0.15) is 9.61 Å². The minimum absolute atomic E-state index is 0.104. The number of thioether (sulfide) groups is 1. The number of nitrogens with zero attached hydrogens (tertiary/aromatic N) is 4. The van der Waals surface area contributed by atoms with Gasteiger partial charge in [-0.05, 0) is 19.1 Å². The van der Waals surface area contributed by atoms with Crippen LogP contribution in [0, 0.1) is 0 Å². The summed E-state index contributed by atoms with van der Waals surface area (Å²) in [6.45, 7) is 8.09. The highest BCUT2D eigenvalue weighted by Crippen LogP contribution is 2.24. The lowest BCUT2D eigenvalue weighted by atomic mass is 9.93. The number of carbonyl (C=O) groups is 1. The molecule has 0 unspecified atom stereocenters. The van der Waals surface area contributed by atoms with E-state index in [9.17, 15) is 9.59 Å². The van der Waals surface area contributed by atoms with Crippen molar-refractivity contribution in [1.29, 1.82) is 0 Å². The first-order valence-electron chi connectivity index (χ1n) is 8.80. The predicted octanol–water partition coefficient (Wildman–Crippen LogP) is 2.24. The molecule has 0 saturated carbocycles. The Labute approximate surface area is 165 Å². The van der Waals surface area contributed by atoms with Crippen LogP contribution in [-0.4, -0.2) is 43.1 Å². The van der Waals surface area contributed by atoms with Gasteiger partial charge in [-0.25, -0.2) is 0 Å². The zero-order valence-corrected chi connectivity index (χ0v) is 17.0. The monoisotopic (exact) mass is 402 g/mol. The van der Waals surface area contributed by atoms with Crippen molar-refractivity contribution in [3.63, 3.8) is 0 Å². The molecule has 0 saturated heterocycles. The van der Waals surface area contributed by atoms with Gasteiger partial charge in [-0.15, -0.1) is 10.2 Å². The SMILES string of the molecule is CCOc1ccccc1NC(=O)CSc1nnc2[nH]c(=O)c(C(C)(C)C)nn12. The summed E-state index contributed by atoms with van der Waals surface area (Å²) in [6, 6.07) is 7.25. The van der Waals surface area contributed by atoms with E-state index in [0.717, 1.165) is 0 Å². The number of benzene rings is 1. The van der Waals surface area contributed by atoms with Gasteiger partial charge in [0.15, 0.2) is 0 Å². The highest BCUT2D eigenvalue weighted by atomic mass is 32.2. The molecular formula is C18H22N6O3S. The average molecular weight is 402 g/mol. The fourth-order valence-corrected chi connectivity index (χ4v) is 3.17. The Morgan fingerprint density at radius 1 is 1.29 bits per heavy atom. The third-order valence-corrected chi connectivity index (χ3v) is 4.68. The lowest BCUT2D eigenvalue weighted by molar-refractivity contribution is -0.113. The molecule has 28 heavy (non-hydrogen) atoms. The summed E-state index contributed by atoms with van der Waals surface area (Å²) in [5.74, 6) is 0.745. The van der Waals surface area contributed by atoms with Crippen LogP contribution < -0.4 is 15.6 Å². The molecule has 0 aliphatic carbocycles. The first-order valence-corrected chi connectivity index (χ1v) is 9.79. The molecule has 0 aliphatic heterocycles. The smallest absolute Gasteiger partial charge is 0.274 e. The Kier molecular flexibility index (Phi) is 5.68. The van der Waals surface area contributed by atoms with Crippen LogP contribution >= 0.6 is 11.8 Å². The second-order valence-corrected chi connectivity index (χ2v) is 7.98. The molecule has 0 radical (unpaired) electrons. The first-order chi connectivity index (χ1) is 13.3. The minimum atomic E-state index is -0.436. The number of aromatic amines is 1. The topological polar surface area (TPSA) is 114 Å². The first kappa shape index (κ1) is 19.9. The molecule has 1 amide bonds. The van der Waals surface area contributed by atoms with Crippen molar-refractivity contribution in [3.05, 3.63) is 40.3 Å². The molecule has 9 nitrogen and oxygen atoms in total. The molecule has 2 aromatic heterocycles. The number of rotatable bonds is 6. The van der Waals surface area contributed by atoms with Gasteiger partial charge in [0.2, 0.25) is 11.1 Å². The largest absolute Gasteiger partial charge is 0.492 e. The molecule has 10 heteroatoms. The Bertz CT molecular complexity index is 1050. The maximum Gasteiger partial charge on any atom is 0.274 e. The van der Waals surface area contributed by atoms with Gasteiger partial charge in [0.25, 0.3) is 11.3 Å². The second-order valence-electron chi connectivity index (χ2n) is 7.04. The molecule has 2 heterocycles. The van der Waals surface area contributed by atoms with Gasteiger partial charge in [-0.1, -0.05) is 44.7 Å².